The molecule has 0 N–H and O–H groups in total. The Hall–Kier alpha value is -1.43. The Balaban J connectivity index is 1.60. The van der Waals surface area contributed by atoms with Crippen molar-refractivity contribution in [3.8, 4) is 0 Å². The summed E-state index contributed by atoms with van der Waals surface area (Å²) < 4.78 is 22.8. The summed E-state index contributed by atoms with van der Waals surface area (Å²) in [6.45, 7) is 5.87. The van der Waals surface area contributed by atoms with Crippen molar-refractivity contribution in [1.82, 2.24) is 0 Å². The molecule has 0 unspecified atom stereocenters. The lowest BCUT2D eigenvalue weighted by atomic mass is 10.1. The molecule has 0 radical (unpaired) electrons. The van der Waals surface area contributed by atoms with Crippen LogP contribution in [0.2, 0.25) is 0 Å². The quantitative estimate of drug-likeness (QED) is 0.799. The number of carbonyl (C=O) groups excluding carboxylic acids is 1. The van der Waals surface area contributed by atoms with E-state index >= 15 is 0 Å². The molecule has 0 bridgehead atoms. The summed E-state index contributed by atoms with van der Waals surface area (Å²) in [5, 5.41) is 0. The Morgan fingerprint density at radius 2 is 1.86 bits per heavy atom. The second-order valence-corrected chi connectivity index (χ2v) is 5.91. The van der Waals surface area contributed by atoms with E-state index in [-0.39, 0.29) is 37.0 Å². The predicted molar refractivity (Wildman–Crippen MR) is 74.9 cm³/mol. The van der Waals surface area contributed by atoms with Crippen LogP contribution in [-0.2, 0) is 18.9 Å². The largest absolute Gasteiger partial charge is 0.459 e. The molecule has 5 nitrogen and oxygen atoms in total. The zero-order valence-electron chi connectivity index (χ0n) is 12.4. The highest BCUT2D eigenvalue weighted by molar-refractivity contribution is 5.89. The van der Waals surface area contributed by atoms with Gasteiger partial charge in [-0.15, -0.1) is 0 Å². The molecule has 4 atom stereocenters. The second kappa shape index (κ2) is 5.40. The van der Waals surface area contributed by atoms with Gasteiger partial charge in [-0.3, -0.25) is 0 Å². The molecular formula is C16H20O5. The Labute approximate surface area is 124 Å². The fourth-order valence-corrected chi connectivity index (χ4v) is 2.85. The van der Waals surface area contributed by atoms with Crippen LogP contribution < -0.4 is 0 Å². The van der Waals surface area contributed by atoms with Crippen molar-refractivity contribution in [1.29, 1.82) is 0 Å². The van der Waals surface area contributed by atoms with E-state index in [0.29, 0.717) is 5.56 Å². The zero-order valence-corrected chi connectivity index (χ0v) is 12.4. The van der Waals surface area contributed by atoms with Gasteiger partial charge in [0.2, 0.25) is 0 Å². The number of hydrogen-bond donors (Lipinski definition) is 0. The highest BCUT2D eigenvalue weighted by atomic mass is 16.8. The average Bonchev–Trinajstić information content (AvgIpc) is 2.92. The van der Waals surface area contributed by atoms with Crippen molar-refractivity contribution in [3.63, 3.8) is 0 Å². The van der Waals surface area contributed by atoms with Crippen molar-refractivity contribution in [2.45, 2.75) is 51.0 Å². The average molecular weight is 292 g/mol. The molecule has 114 valence electrons. The molecule has 21 heavy (non-hydrogen) atoms. The van der Waals surface area contributed by atoms with Crippen molar-refractivity contribution in [2.75, 3.05) is 6.61 Å². The molecule has 2 fully saturated rings. The number of fused-ring (bicyclic) bond motifs is 1. The van der Waals surface area contributed by atoms with Crippen LogP contribution in [-0.4, -0.2) is 42.8 Å². The van der Waals surface area contributed by atoms with Crippen LogP contribution in [0.4, 0.5) is 0 Å². The van der Waals surface area contributed by atoms with E-state index in [2.05, 4.69) is 0 Å². The minimum absolute atomic E-state index is 0.0720. The molecule has 0 aliphatic carbocycles. The van der Waals surface area contributed by atoms with E-state index in [1.165, 1.54) is 0 Å². The number of ether oxygens (including phenoxy) is 4. The fraction of sp³-hybridized carbons (Fsp3) is 0.562. The third kappa shape index (κ3) is 2.95. The van der Waals surface area contributed by atoms with Gasteiger partial charge < -0.3 is 18.9 Å². The monoisotopic (exact) mass is 292 g/mol. The van der Waals surface area contributed by atoms with Gasteiger partial charge in [-0.1, -0.05) is 18.2 Å². The first kappa shape index (κ1) is 14.5. The van der Waals surface area contributed by atoms with Crippen molar-refractivity contribution >= 4 is 5.97 Å². The molecule has 1 aromatic rings. The molecule has 2 heterocycles. The summed E-state index contributed by atoms with van der Waals surface area (Å²) in [5.41, 5.74) is 0.531. The number of rotatable bonds is 3. The van der Waals surface area contributed by atoms with E-state index < -0.39 is 5.79 Å². The molecule has 5 heteroatoms. The van der Waals surface area contributed by atoms with E-state index in [9.17, 15) is 4.79 Å². The van der Waals surface area contributed by atoms with Crippen LogP contribution in [0.5, 0.6) is 0 Å². The van der Waals surface area contributed by atoms with Gasteiger partial charge in [0.05, 0.1) is 11.7 Å². The van der Waals surface area contributed by atoms with Gasteiger partial charge in [0.1, 0.15) is 24.9 Å². The first-order valence-corrected chi connectivity index (χ1v) is 7.19. The van der Waals surface area contributed by atoms with Gasteiger partial charge in [0.25, 0.3) is 0 Å². The van der Waals surface area contributed by atoms with Crippen molar-refractivity contribution in [3.05, 3.63) is 35.9 Å². The van der Waals surface area contributed by atoms with Gasteiger partial charge in [0.15, 0.2) is 5.79 Å². The van der Waals surface area contributed by atoms with E-state index in [1.807, 2.05) is 26.8 Å². The fourth-order valence-electron chi connectivity index (χ4n) is 2.85. The minimum atomic E-state index is -0.616. The number of carbonyl (C=O) groups is 1. The maximum atomic E-state index is 12.0. The Morgan fingerprint density at radius 3 is 2.57 bits per heavy atom. The van der Waals surface area contributed by atoms with Crippen molar-refractivity contribution < 1.29 is 23.7 Å². The molecule has 3 rings (SSSR count). The summed E-state index contributed by atoms with van der Waals surface area (Å²) in [5.74, 6) is -0.969. The third-order valence-electron chi connectivity index (χ3n) is 3.77. The first-order chi connectivity index (χ1) is 9.96. The maximum Gasteiger partial charge on any atom is 0.338 e. The van der Waals surface area contributed by atoms with Gasteiger partial charge >= 0.3 is 5.97 Å². The Kier molecular flexibility index (Phi) is 3.73. The topological polar surface area (TPSA) is 54.0 Å². The van der Waals surface area contributed by atoms with E-state index in [0.717, 1.165) is 0 Å². The minimum Gasteiger partial charge on any atom is -0.459 e. The number of benzene rings is 1. The molecule has 0 spiro atoms. The summed E-state index contributed by atoms with van der Waals surface area (Å²) in [6.07, 6.45) is -0.671. The van der Waals surface area contributed by atoms with Gasteiger partial charge in [-0.2, -0.15) is 0 Å². The summed E-state index contributed by atoms with van der Waals surface area (Å²) in [4.78, 5) is 12.0. The number of hydrogen-bond acceptors (Lipinski definition) is 5. The van der Waals surface area contributed by atoms with E-state index in [4.69, 9.17) is 18.9 Å². The molecule has 2 saturated heterocycles. The molecule has 0 saturated carbocycles. The lowest BCUT2D eigenvalue weighted by Gasteiger charge is -2.22. The highest BCUT2D eigenvalue weighted by Crippen LogP contribution is 2.38. The Morgan fingerprint density at radius 1 is 1.19 bits per heavy atom. The summed E-state index contributed by atoms with van der Waals surface area (Å²) in [6, 6.07) is 8.91. The van der Waals surface area contributed by atoms with Crippen LogP contribution in [0, 0.1) is 0 Å². The van der Waals surface area contributed by atoms with Gasteiger partial charge in [0, 0.05) is 0 Å². The molecule has 0 aromatic heterocycles. The molecule has 2 aliphatic rings. The zero-order chi connectivity index (χ0) is 15.0. The Bertz CT molecular complexity index is 513. The summed E-state index contributed by atoms with van der Waals surface area (Å²) in [7, 11) is 0. The van der Waals surface area contributed by atoms with Crippen molar-refractivity contribution in [2.24, 2.45) is 0 Å². The first-order valence-electron chi connectivity index (χ1n) is 7.19. The van der Waals surface area contributed by atoms with Gasteiger partial charge in [-0.05, 0) is 32.9 Å². The highest BCUT2D eigenvalue weighted by Gasteiger charge is 2.53. The molecular weight excluding hydrogens is 272 g/mol. The molecule has 0 amide bonds. The lowest BCUT2D eigenvalue weighted by molar-refractivity contribution is -0.188. The second-order valence-electron chi connectivity index (χ2n) is 5.91. The van der Waals surface area contributed by atoms with Gasteiger partial charge in [-0.25, -0.2) is 4.79 Å². The van der Waals surface area contributed by atoms with Crippen LogP contribution in [0.3, 0.4) is 0 Å². The van der Waals surface area contributed by atoms with Crippen LogP contribution in [0.15, 0.2) is 30.3 Å². The summed E-state index contributed by atoms with van der Waals surface area (Å²) >= 11 is 0. The molecule has 1 aromatic carbocycles. The predicted octanol–water partition coefficient (Wildman–Crippen LogP) is 2.15. The normalized spacial score (nSPS) is 33.7. The third-order valence-corrected chi connectivity index (χ3v) is 3.77. The SMILES string of the molecule is C[C@H]1O[C@H](COC(=O)c2ccccc2)[C@H]2OC(C)(C)O[C@H]21. The van der Waals surface area contributed by atoms with E-state index in [1.54, 1.807) is 24.3 Å². The standard InChI is InChI=1S/C16H20O5/c1-10-13-14(21-16(2,3)20-13)12(19-10)9-18-15(17)11-7-5-4-6-8-11/h4-8,10,12-14H,9H2,1-3H3/t10-,12-,13+,14-/m1/s1. The van der Waals surface area contributed by atoms with Crippen LogP contribution in [0.1, 0.15) is 31.1 Å². The van der Waals surface area contributed by atoms with Crippen LogP contribution in [0.25, 0.3) is 0 Å². The maximum absolute atomic E-state index is 12.0. The molecule has 2 aliphatic heterocycles. The number of esters is 1. The lowest BCUT2D eigenvalue weighted by Crippen LogP contribution is -2.33. The smallest absolute Gasteiger partial charge is 0.338 e. The van der Waals surface area contributed by atoms with Crippen LogP contribution >= 0.6 is 0 Å².